The highest BCUT2D eigenvalue weighted by atomic mass is 16.3. The van der Waals surface area contributed by atoms with Gasteiger partial charge in [0.2, 0.25) is 0 Å². The van der Waals surface area contributed by atoms with Gasteiger partial charge in [-0.3, -0.25) is 0 Å². The van der Waals surface area contributed by atoms with Crippen LogP contribution in [0.5, 0.6) is 5.75 Å². The summed E-state index contributed by atoms with van der Waals surface area (Å²) >= 11 is 0. The summed E-state index contributed by atoms with van der Waals surface area (Å²) in [4.78, 5) is 2.67. The fraction of sp³-hybridized carbons (Fsp3) is 0.647. The van der Waals surface area contributed by atoms with Crippen LogP contribution in [0.2, 0.25) is 0 Å². The van der Waals surface area contributed by atoms with Crippen LogP contribution in [0.3, 0.4) is 0 Å². The van der Waals surface area contributed by atoms with Crippen molar-refractivity contribution in [3.63, 3.8) is 0 Å². The van der Waals surface area contributed by atoms with Crippen molar-refractivity contribution in [2.75, 3.05) is 19.6 Å². The molecule has 2 N–H and O–H groups in total. The molecule has 20 heavy (non-hydrogen) atoms. The molecule has 3 nitrogen and oxygen atoms in total. The van der Waals surface area contributed by atoms with Crippen molar-refractivity contribution in [1.82, 2.24) is 10.2 Å². The maximum absolute atomic E-state index is 9.37. The number of nitrogens with zero attached hydrogens (tertiary/aromatic N) is 1. The van der Waals surface area contributed by atoms with Gasteiger partial charge in [-0.1, -0.05) is 19.1 Å². The first-order valence-electron chi connectivity index (χ1n) is 8.02. The van der Waals surface area contributed by atoms with E-state index in [0.717, 1.165) is 24.9 Å². The average molecular weight is 274 g/mol. The third-order valence-electron chi connectivity index (χ3n) is 4.74. The lowest BCUT2D eigenvalue weighted by molar-refractivity contribution is 0.309. The number of likely N-dealkylation sites (tertiary alicyclic amines) is 1. The van der Waals surface area contributed by atoms with Gasteiger partial charge in [0, 0.05) is 18.6 Å². The maximum atomic E-state index is 9.37. The molecule has 2 aliphatic rings. The van der Waals surface area contributed by atoms with E-state index in [1.807, 2.05) is 12.1 Å². The number of nitrogens with one attached hydrogen (secondary N) is 1. The highest BCUT2D eigenvalue weighted by molar-refractivity contribution is 5.27. The lowest BCUT2D eigenvalue weighted by atomic mass is 10.0. The Hall–Kier alpha value is -1.06. The summed E-state index contributed by atoms with van der Waals surface area (Å²) in [6.45, 7) is 5.91. The quantitative estimate of drug-likeness (QED) is 0.837. The number of benzene rings is 1. The summed E-state index contributed by atoms with van der Waals surface area (Å²) in [5.41, 5.74) is 1.28. The second-order valence-electron chi connectivity index (χ2n) is 6.34. The topological polar surface area (TPSA) is 35.5 Å². The van der Waals surface area contributed by atoms with Crippen LogP contribution in [0.4, 0.5) is 0 Å². The van der Waals surface area contributed by atoms with Crippen molar-refractivity contribution in [3.8, 4) is 5.75 Å². The fourth-order valence-electron chi connectivity index (χ4n) is 3.31. The molecule has 0 aromatic heterocycles. The molecule has 3 heteroatoms. The first-order valence-corrected chi connectivity index (χ1v) is 8.02. The van der Waals surface area contributed by atoms with Crippen molar-refractivity contribution in [1.29, 1.82) is 0 Å². The van der Waals surface area contributed by atoms with Crippen LogP contribution in [-0.4, -0.2) is 35.7 Å². The second kappa shape index (κ2) is 6.15. The first kappa shape index (κ1) is 13.9. The van der Waals surface area contributed by atoms with Crippen LogP contribution in [0.25, 0.3) is 0 Å². The summed E-state index contributed by atoms with van der Waals surface area (Å²) in [5.74, 6) is 1.15. The Labute approximate surface area is 122 Å². The molecule has 1 aromatic rings. The molecule has 1 saturated carbocycles. The van der Waals surface area contributed by atoms with Crippen molar-refractivity contribution in [2.45, 2.75) is 44.7 Å². The third-order valence-corrected chi connectivity index (χ3v) is 4.74. The molecule has 1 heterocycles. The van der Waals surface area contributed by atoms with E-state index >= 15 is 0 Å². The van der Waals surface area contributed by atoms with Crippen LogP contribution in [-0.2, 0) is 0 Å². The van der Waals surface area contributed by atoms with Crippen molar-refractivity contribution >= 4 is 0 Å². The lowest BCUT2D eigenvalue weighted by Gasteiger charge is -2.21. The van der Waals surface area contributed by atoms with Gasteiger partial charge >= 0.3 is 0 Å². The molecule has 0 bridgehead atoms. The predicted molar refractivity (Wildman–Crippen MR) is 81.8 cm³/mol. The molecule has 2 unspecified atom stereocenters. The number of phenols is 1. The molecular formula is C17H26N2O. The molecular weight excluding hydrogens is 248 g/mol. The number of aromatic hydroxyl groups is 1. The average Bonchev–Trinajstić information content (AvgIpc) is 3.21. The summed E-state index contributed by atoms with van der Waals surface area (Å²) in [6, 6.07) is 8.95. The molecule has 1 aromatic carbocycles. The van der Waals surface area contributed by atoms with Gasteiger partial charge in [0.1, 0.15) is 5.75 Å². The summed E-state index contributed by atoms with van der Waals surface area (Å²) in [6.07, 6.45) is 5.27. The smallest absolute Gasteiger partial charge is 0.115 e. The van der Waals surface area contributed by atoms with Crippen molar-refractivity contribution in [3.05, 3.63) is 29.8 Å². The van der Waals surface area contributed by atoms with Crippen LogP contribution in [0, 0.1) is 5.92 Å². The molecule has 2 fully saturated rings. The molecule has 0 radical (unpaired) electrons. The summed E-state index contributed by atoms with van der Waals surface area (Å²) < 4.78 is 0. The van der Waals surface area contributed by atoms with Crippen LogP contribution < -0.4 is 5.32 Å². The standard InChI is InChI=1S/C17H26N2O/c1-2-17(14-3-7-16(20)8-4-14)18-11-13-9-10-19(12-13)15-5-6-15/h3-4,7-8,13,15,17-18,20H,2,5-6,9-12H2,1H3. The van der Waals surface area contributed by atoms with Gasteiger partial charge in [-0.2, -0.15) is 0 Å². The SMILES string of the molecule is CCC(NCC1CCN(C2CC2)C1)c1ccc(O)cc1. The van der Waals surface area contributed by atoms with E-state index < -0.39 is 0 Å². The lowest BCUT2D eigenvalue weighted by Crippen LogP contribution is -2.30. The number of phenolic OH excluding ortho intramolecular Hbond substituents is 1. The van der Waals surface area contributed by atoms with E-state index in [1.165, 1.54) is 37.9 Å². The van der Waals surface area contributed by atoms with Crippen LogP contribution >= 0.6 is 0 Å². The Bertz CT molecular complexity index is 427. The summed E-state index contributed by atoms with van der Waals surface area (Å²) in [7, 11) is 0. The number of rotatable bonds is 6. The molecule has 1 aliphatic carbocycles. The van der Waals surface area contributed by atoms with Crippen LogP contribution in [0.15, 0.2) is 24.3 Å². The Morgan fingerprint density at radius 3 is 2.65 bits per heavy atom. The number of hydrogen-bond donors (Lipinski definition) is 2. The first-order chi connectivity index (χ1) is 9.76. The molecule has 3 rings (SSSR count). The van der Waals surface area contributed by atoms with E-state index in [-0.39, 0.29) is 0 Å². The highest BCUT2D eigenvalue weighted by Crippen LogP contribution is 2.31. The summed E-state index contributed by atoms with van der Waals surface area (Å²) in [5, 5.41) is 13.1. The van der Waals surface area contributed by atoms with Gasteiger partial charge in [0.05, 0.1) is 0 Å². The Morgan fingerprint density at radius 2 is 2.00 bits per heavy atom. The van der Waals surface area contributed by atoms with E-state index in [9.17, 15) is 5.11 Å². The van der Waals surface area contributed by atoms with Crippen molar-refractivity contribution < 1.29 is 5.11 Å². The predicted octanol–water partition coefficient (Wildman–Crippen LogP) is 2.92. The molecule has 1 aliphatic heterocycles. The minimum atomic E-state index is 0.347. The van der Waals surface area contributed by atoms with Gasteiger partial charge in [0.15, 0.2) is 0 Å². The molecule has 110 valence electrons. The number of hydrogen-bond acceptors (Lipinski definition) is 3. The minimum absolute atomic E-state index is 0.347. The zero-order valence-electron chi connectivity index (χ0n) is 12.4. The zero-order chi connectivity index (χ0) is 13.9. The van der Waals surface area contributed by atoms with E-state index in [1.54, 1.807) is 12.1 Å². The third kappa shape index (κ3) is 3.33. The van der Waals surface area contributed by atoms with Crippen molar-refractivity contribution in [2.24, 2.45) is 5.92 Å². The minimum Gasteiger partial charge on any atom is -0.508 e. The van der Waals surface area contributed by atoms with Gasteiger partial charge in [-0.25, -0.2) is 0 Å². The monoisotopic (exact) mass is 274 g/mol. The second-order valence-corrected chi connectivity index (χ2v) is 6.34. The highest BCUT2D eigenvalue weighted by Gasteiger charge is 2.34. The Kier molecular flexibility index (Phi) is 4.27. The van der Waals surface area contributed by atoms with E-state index in [4.69, 9.17) is 0 Å². The zero-order valence-corrected chi connectivity index (χ0v) is 12.4. The molecule has 1 saturated heterocycles. The largest absolute Gasteiger partial charge is 0.508 e. The Morgan fingerprint density at radius 1 is 1.25 bits per heavy atom. The van der Waals surface area contributed by atoms with E-state index in [0.29, 0.717) is 11.8 Å². The van der Waals surface area contributed by atoms with Gasteiger partial charge in [0.25, 0.3) is 0 Å². The maximum Gasteiger partial charge on any atom is 0.115 e. The normalized spacial score (nSPS) is 24.9. The van der Waals surface area contributed by atoms with E-state index in [2.05, 4.69) is 17.1 Å². The molecule has 0 spiro atoms. The van der Waals surface area contributed by atoms with Crippen LogP contribution in [0.1, 0.15) is 44.2 Å². The molecule has 2 atom stereocenters. The Balaban J connectivity index is 1.49. The van der Waals surface area contributed by atoms with Gasteiger partial charge < -0.3 is 15.3 Å². The van der Waals surface area contributed by atoms with Gasteiger partial charge in [-0.15, -0.1) is 0 Å². The van der Waals surface area contributed by atoms with Gasteiger partial charge in [-0.05, 0) is 62.4 Å². The fourth-order valence-corrected chi connectivity index (χ4v) is 3.31. The molecule has 0 amide bonds.